The van der Waals surface area contributed by atoms with Gasteiger partial charge in [-0.15, -0.1) is 11.3 Å². The van der Waals surface area contributed by atoms with E-state index in [1.165, 1.54) is 0 Å². The molecule has 32 heavy (non-hydrogen) atoms. The lowest BCUT2D eigenvalue weighted by Gasteiger charge is -2.22. The van der Waals surface area contributed by atoms with Crippen molar-refractivity contribution in [2.24, 2.45) is 5.92 Å². The largest absolute Gasteiger partial charge is 0.484 e. The highest BCUT2D eigenvalue weighted by atomic mass is 32.1. The highest BCUT2D eigenvalue weighted by Gasteiger charge is 2.24. The van der Waals surface area contributed by atoms with Crippen molar-refractivity contribution in [3.63, 3.8) is 0 Å². The van der Waals surface area contributed by atoms with Gasteiger partial charge < -0.3 is 15.4 Å². The molecule has 4 rings (SSSR count). The first-order valence-corrected chi connectivity index (χ1v) is 11.2. The fraction of sp³-hybridized carbons (Fsp3) is 0.208. The second-order valence-corrected chi connectivity index (χ2v) is 8.55. The van der Waals surface area contributed by atoms with E-state index in [9.17, 15) is 9.59 Å². The van der Waals surface area contributed by atoms with Gasteiger partial charge in [0.05, 0.1) is 5.69 Å². The Morgan fingerprint density at radius 3 is 2.53 bits per heavy atom. The number of rotatable bonds is 8. The Labute approximate surface area is 190 Å². The Bertz CT molecular complexity index is 1170. The molecule has 0 fully saturated rings. The van der Waals surface area contributed by atoms with Crippen LogP contribution in [0.2, 0.25) is 0 Å². The summed E-state index contributed by atoms with van der Waals surface area (Å²) in [6.07, 6.45) is 3.94. The third-order valence-corrected chi connectivity index (χ3v) is 5.69. The number of anilines is 1. The van der Waals surface area contributed by atoms with Crippen molar-refractivity contribution < 1.29 is 14.3 Å². The molecule has 4 aromatic rings. The van der Waals surface area contributed by atoms with Gasteiger partial charge in [-0.1, -0.05) is 44.2 Å². The maximum atomic E-state index is 12.8. The van der Waals surface area contributed by atoms with Crippen molar-refractivity contribution in [2.75, 3.05) is 11.9 Å². The zero-order valence-corrected chi connectivity index (χ0v) is 18.6. The predicted molar refractivity (Wildman–Crippen MR) is 126 cm³/mol. The summed E-state index contributed by atoms with van der Waals surface area (Å²) in [5.74, 6) is -0.111. The van der Waals surface area contributed by atoms with Crippen molar-refractivity contribution in [1.29, 1.82) is 0 Å². The average Bonchev–Trinajstić information content (AvgIpc) is 3.39. The van der Waals surface area contributed by atoms with E-state index in [4.69, 9.17) is 4.74 Å². The third-order valence-electron chi connectivity index (χ3n) is 4.92. The van der Waals surface area contributed by atoms with E-state index < -0.39 is 6.04 Å². The Morgan fingerprint density at radius 1 is 1.09 bits per heavy atom. The van der Waals surface area contributed by atoms with E-state index in [2.05, 4.69) is 15.6 Å². The number of ether oxygens (including phenoxy) is 1. The summed E-state index contributed by atoms with van der Waals surface area (Å²) >= 11 is 1.58. The highest BCUT2D eigenvalue weighted by Crippen LogP contribution is 2.23. The van der Waals surface area contributed by atoms with Crippen molar-refractivity contribution >= 4 is 33.8 Å². The van der Waals surface area contributed by atoms with Gasteiger partial charge >= 0.3 is 0 Å². The van der Waals surface area contributed by atoms with Gasteiger partial charge in [0.1, 0.15) is 11.8 Å². The molecule has 0 bridgehead atoms. The number of thiazole rings is 1. The second kappa shape index (κ2) is 9.65. The molecular formula is C24H24N4O3S. The van der Waals surface area contributed by atoms with Crippen LogP contribution < -0.4 is 15.4 Å². The first kappa shape index (κ1) is 21.6. The molecule has 7 nitrogen and oxygen atoms in total. The number of imidazole rings is 1. The third kappa shape index (κ3) is 5.15. The molecule has 8 heteroatoms. The van der Waals surface area contributed by atoms with Gasteiger partial charge in [-0.2, -0.15) is 0 Å². The minimum absolute atomic E-state index is 0.0894. The first-order valence-electron chi connectivity index (χ1n) is 10.3. The summed E-state index contributed by atoms with van der Waals surface area (Å²) in [6, 6.07) is 15.9. The van der Waals surface area contributed by atoms with Gasteiger partial charge in [-0.05, 0) is 30.2 Å². The number of para-hydroxylation sites is 1. The van der Waals surface area contributed by atoms with E-state index in [1.54, 1.807) is 23.5 Å². The first-order chi connectivity index (χ1) is 15.5. The molecule has 0 unspecified atom stereocenters. The molecule has 0 spiro atoms. The van der Waals surface area contributed by atoms with Gasteiger partial charge in [-0.3, -0.25) is 14.0 Å². The van der Waals surface area contributed by atoms with Crippen molar-refractivity contribution in [2.45, 2.75) is 19.9 Å². The summed E-state index contributed by atoms with van der Waals surface area (Å²) in [7, 11) is 0. The van der Waals surface area contributed by atoms with Crippen LogP contribution in [0.25, 0.3) is 16.2 Å². The quantitative estimate of drug-likeness (QED) is 0.423. The van der Waals surface area contributed by atoms with Crippen LogP contribution in [0, 0.1) is 5.92 Å². The standard InChI is InChI=1S/C24H24N4O3S/c1-16(2)22(27-21(29)15-31-19-6-4-3-5-7-19)23(30)25-18-10-8-17(9-11-18)20-14-28-12-13-32-24(28)26-20/h3-14,16,22H,15H2,1-2H3,(H,25,30)(H,27,29)/t22-/m0/s1. The van der Waals surface area contributed by atoms with Crippen LogP contribution in [0.15, 0.2) is 72.4 Å². The molecule has 2 heterocycles. The number of nitrogens with one attached hydrogen (secondary N) is 2. The fourth-order valence-corrected chi connectivity index (χ4v) is 3.93. The summed E-state index contributed by atoms with van der Waals surface area (Å²) in [6.45, 7) is 3.61. The minimum atomic E-state index is -0.679. The van der Waals surface area contributed by atoms with E-state index in [0.29, 0.717) is 11.4 Å². The number of hydrogen-bond donors (Lipinski definition) is 2. The Kier molecular flexibility index (Phi) is 6.51. The number of benzene rings is 2. The van der Waals surface area contributed by atoms with E-state index in [-0.39, 0.29) is 24.3 Å². The van der Waals surface area contributed by atoms with Crippen LogP contribution in [0.5, 0.6) is 5.75 Å². The molecule has 0 aliphatic heterocycles. The van der Waals surface area contributed by atoms with Crippen LogP contribution >= 0.6 is 11.3 Å². The lowest BCUT2D eigenvalue weighted by atomic mass is 10.0. The number of hydrogen-bond acceptors (Lipinski definition) is 5. The summed E-state index contributed by atoms with van der Waals surface area (Å²) in [5, 5.41) is 7.64. The van der Waals surface area contributed by atoms with Crippen LogP contribution in [0.4, 0.5) is 5.69 Å². The normalized spacial score (nSPS) is 12.0. The predicted octanol–water partition coefficient (Wildman–Crippen LogP) is 4.22. The van der Waals surface area contributed by atoms with Gasteiger partial charge in [0, 0.05) is 29.0 Å². The second-order valence-electron chi connectivity index (χ2n) is 7.68. The Hall–Kier alpha value is -3.65. The smallest absolute Gasteiger partial charge is 0.258 e. The number of carbonyl (C=O) groups is 2. The number of fused-ring (bicyclic) bond motifs is 1. The molecule has 0 aliphatic carbocycles. The lowest BCUT2D eigenvalue weighted by molar-refractivity contribution is -0.128. The van der Waals surface area contributed by atoms with Crippen LogP contribution in [-0.2, 0) is 9.59 Å². The zero-order valence-electron chi connectivity index (χ0n) is 17.8. The highest BCUT2D eigenvalue weighted by molar-refractivity contribution is 7.15. The number of amides is 2. The molecular weight excluding hydrogens is 424 g/mol. The van der Waals surface area contributed by atoms with E-state index >= 15 is 0 Å². The molecule has 0 radical (unpaired) electrons. The van der Waals surface area contributed by atoms with Gasteiger partial charge in [0.25, 0.3) is 5.91 Å². The van der Waals surface area contributed by atoms with Crippen molar-refractivity contribution in [3.8, 4) is 17.0 Å². The topological polar surface area (TPSA) is 84.7 Å². The van der Waals surface area contributed by atoms with Crippen LogP contribution in [0.1, 0.15) is 13.8 Å². The van der Waals surface area contributed by atoms with Crippen LogP contribution in [0.3, 0.4) is 0 Å². The molecule has 2 N–H and O–H groups in total. The summed E-state index contributed by atoms with van der Waals surface area (Å²) in [4.78, 5) is 30.7. The van der Waals surface area contributed by atoms with Crippen LogP contribution in [-0.4, -0.2) is 33.8 Å². The summed E-state index contributed by atoms with van der Waals surface area (Å²) < 4.78 is 7.45. The SMILES string of the molecule is CC(C)[C@H](NC(=O)COc1ccccc1)C(=O)Nc1ccc(-c2cn3ccsc3n2)cc1. The molecule has 164 valence electrons. The minimum Gasteiger partial charge on any atom is -0.484 e. The number of carbonyl (C=O) groups excluding carboxylic acids is 2. The van der Waals surface area contributed by atoms with Gasteiger partial charge in [0.2, 0.25) is 5.91 Å². The van der Waals surface area contributed by atoms with Gasteiger partial charge in [-0.25, -0.2) is 4.98 Å². The molecule has 1 atom stereocenters. The van der Waals surface area contributed by atoms with Gasteiger partial charge in [0.15, 0.2) is 11.6 Å². The molecule has 0 saturated carbocycles. The Morgan fingerprint density at radius 2 is 1.84 bits per heavy atom. The Balaban J connectivity index is 1.35. The lowest BCUT2D eigenvalue weighted by Crippen LogP contribution is -2.48. The molecule has 2 aromatic heterocycles. The summed E-state index contributed by atoms with van der Waals surface area (Å²) in [5.41, 5.74) is 2.49. The monoisotopic (exact) mass is 448 g/mol. The maximum Gasteiger partial charge on any atom is 0.258 e. The maximum absolute atomic E-state index is 12.8. The molecule has 0 saturated heterocycles. The fourth-order valence-electron chi connectivity index (χ4n) is 3.23. The zero-order chi connectivity index (χ0) is 22.5. The molecule has 0 aliphatic rings. The van der Waals surface area contributed by atoms with E-state index in [0.717, 1.165) is 16.2 Å². The van der Waals surface area contributed by atoms with E-state index in [1.807, 2.05) is 78.5 Å². The number of nitrogens with zero attached hydrogens (tertiary/aromatic N) is 2. The average molecular weight is 449 g/mol. The molecule has 2 amide bonds. The number of aromatic nitrogens is 2. The van der Waals surface area contributed by atoms with Crippen molar-refractivity contribution in [1.82, 2.24) is 14.7 Å². The molecule has 2 aromatic carbocycles. The van der Waals surface area contributed by atoms with Crippen molar-refractivity contribution in [3.05, 3.63) is 72.4 Å².